The average Bonchev–Trinajstić information content (AvgIpc) is 2.98. The van der Waals surface area contributed by atoms with Crippen LogP contribution in [0.5, 0.6) is 0 Å². The quantitative estimate of drug-likeness (QED) is 0.782. The van der Waals surface area contributed by atoms with E-state index in [1.807, 2.05) is 16.7 Å². The number of benzene rings is 1. The minimum atomic E-state index is 0.127. The summed E-state index contributed by atoms with van der Waals surface area (Å²) >= 11 is 1.43. The van der Waals surface area contributed by atoms with Crippen LogP contribution in [-0.2, 0) is 9.53 Å². The largest absolute Gasteiger partial charge is 0.378 e. The molecule has 0 atom stereocenters. The van der Waals surface area contributed by atoms with E-state index in [0.717, 1.165) is 35.4 Å². The van der Waals surface area contributed by atoms with Crippen molar-refractivity contribution in [1.29, 1.82) is 0 Å². The van der Waals surface area contributed by atoms with Gasteiger partial charge in [-0.3, -0.25) is 9.36 Å². The van der Waals surface area contributed by atoms with E-state index in [4.69, 9.17) is 4.74 Å². The molecule has 0 unspecified atom stereocenters. The third kappa shape index (κ3) is 3.56. The Bertz CT molecular complexity index is 695. The lowest BCUT2D eigenvalue weighted by atomic mass is 10.2. The molecule has 1 aromatic carbocycles. The zero-order chi connectivity index (χ0) is 16.2. The van der Waals surface area contributed by atoms with Gasteiger partial charge in [-0.05, 0) is 25.5 Å². The fraction of sp³-hybridized carbons (Fsp3) is 0.438. The molecule has 23 heavy (non-hydrogen) atoms. The highest BCUT2D eigenvalue weighted by molar-refractivity contribution is 7.99. The maximum atomic E-state index is 11.3. The molecule has 0 amide bonds. The molecule has 0 N–H and O–H groups in total. The third-order valence-electron chi connectivity index (χ3n) is 3.67. The van der Waals surface area contributed by atoms with Gasteiger partial charge in [-0.2, -0.15) is 0 Å². The molecule has 122 valence electrons. The first kappa shape index (κ1) is 16.0. The van der Waals surface area contributed by atoms with Gasteiger partial charge in [0.05, 0.1) is 24.7 Å². The van der Waals surface area contributed by atoms with Gasteiger partial charge in [0, 0.05) is 13.1 Å². The van der Waals surface area contributed by atoms with Crippen molar-refractivity contribution < 1.29 is 9.53 Å². The molecule has 0 saturated carbocycles. The van der Waals surface area contributed by atoms with E-state index in [1.165, 1.54) is 11.8 Å². The number of morpholine rings is 1. The summed E-state index contributed by atoms with van der Waals surface area (Å²) in [6.07, 6.45) is 0. The molecular formula is C16H20N4O2S. The normalized spacial score (nSPS) is 15.0. The summed E-state index contributed by atoms with van der Waals surface area (Å²) in [5, 5.41) is 9.45. The first-order valence-electron chi connectivity index (χ1n) is 7.63. The second-order valence-electron chi connectivity index (χ2n) is 5.49. The zero-order valence-corrected chi connectivity index (χ0v) is 14.2. The van der Waals surface area contributed by atoms with Crippen molar-refractivity contribution in [1.82, 2.24) is 14.8 Å². The van der Waals surface area contributed by atoms with Gasteiger partial charge in [-0.1, -0.05) is 30.0 Å². The summed E-state index contributed by atoms with van der Waals surface area (Å²) < 4.78 is 7.48. The molecule has 0 spiro atoms. The molecule has 0 bridgehead atoms. The minimum Gasteiger partial charge on any atom is -0.378 e. The number of thioether (sulfide) groups is 1. The Morgan fingerprint density at radius 1 is 1.26 bits per heavy atom. The molecule has 0 radical (unpaired) electrons. The molecule has 6 nitrogen and oxygen atoms in total. The SMILES string of the molecule is CC(=O)CSc1nnc(N2CCOCC2)n1-c1ccccc1C. The number of hydrogen-bond acceptors (Lipinski definition) is 6. The van der Waals surface area contributed by atoms with Crippen molar-refractivity contribution in [2.45, 2.75) is 19.0 Å². The van der Waals surface area contributed by atoms with Crippen molar-refractivity contribution in [2.75, 3.05) is 37.0 Å². The number of nitrogens with zero attached hydrogens (tertiary/aromatic N) is 4. The molecular weight excluding hydrogens is 312 g/mol. The molecule has 1 fully saturated rings. The van der Waals surface area contributed by atoms with Crippen molar-refractivity contribution >= 4 is 23.5 Å². The van der Waals surface area contributed by atoms with Gasteiger partial charge in [0.2, 0.25) is 5.95 Å². The summed E-state index contributed by atoms with van der Waals surface area (Å²) in [7, 11) is 0. The molecule has 7 heteroatoms. The van der Waals surface area contributed by atoms with Crippen LogP contribution in [0.15, 0.2) is 29.4 Å². The van der Waals surface area contributed by atoms with E-state index in [2.05, 4.69) is 34.2 Å². The van der Waals surface area contributed by atoms with Crippen LogP contribution in [-0.4, -0.2) is 52.6 Å². The Balaban J connectivity index is 2.02. The van der Waals surface area contributed by atoms with E-state index in [0.29, 0.717) is 19.0 Å². The van der Waals surface area contributed by atoms with E-state index in [9.17, 15) is 4.79 Å². The standard InChI is InChI=1S/C16H20N4O2S/c1-12-5-3-4-6-14(12)20-15(19-7-9-22-10-8-19)17-18-16(20)23-11-13(2)21/h3-6H,7-11H2,1-2H3. The predicted molar refractivity (Wildman–Crippen MR) is 90.5 cm³/mol. The van der Waals surface area contributed by atoms with Crippen LogP contribution < -0.4 is 4.90 Å². The lowest BCUT2D eigenvalue weighted by Crippen LogP contribution is -2.38. The van der Waals surface area contributed by atoms with Gasteiger partial charge in [-0.15, -0.1) is 10.2 Å². The van der Waals surface area contributed by atoms with Gasteiger partial charge in [0.1, 0.15) is 5.78 Å². The number of rotatable bonds is 5. The van der Waals surface area contributed by atoms with Crippen LogP contribution in [0.25, 0.3) is 5.69 Å². The molecule has 2 heterocycles. The Morgan fingerprint density at radius 2 is 2.00 bits per heavy atom. The van der Waals surface area contributed by atoms with Gasteiger partial charge >= 0.3 is 0 Å². The smallest absolute Gasteiger partial charge is 0.232 e. The Morgan fingerprint density at radius 3 is 2.70 bits per heavy atom. The highest BCUT2D eigenvalue weighted by Crippen LogP contribution is 2.28. The lowest BCUT2D eigenvalue weighted by molar-refractivity contribution is -0.114. The Hall–Kier alpha value is -1.86. The lowest BCUT2D eigenvalue weighted by Gasteiger charge is -2.28. The molecule has 1 saturated heterocycles. The van der Waals surface area contributed by atoms with E-state index in [1.54, 1.807) is 6.92 Å². The average molecular weight is 332 g/mol. The Labute approximate surface area is 139 Å². The van der Waals surface area contributed by atoms with Crippen molar-refractivity contribution in [3.8, 4) is 5.69 Å². The number of carbonyl (C=O) groups is 1. The first-order valence-corrected chi connectivity index (χ1v) is 8.61. The zero-order valence-electron chi connectivity index (χ0n) is 13.4. The summed E-state index contributed by atoms with van der Waals surface area (Å²) in [4.78, 5) is 13.5. The summed E-state index contributed by atoms with van der Waals surface area (Å²) in [5.41, 5.74) is 2.19. The molecule has 3 rings (SSSR count). The van der Waals surface area contributed by atoms with Gasteiger partial charge < -0.3 is 9.64 Å². The second-order valence-corrected chi connectivity index (χ2v) is 6.44. The molecule has 1 aliphatic heterocycles. The summed E-state index contributed by atoms with van der Waals surface area (Å²) in [5.74, 6) is 1.34. The molecule has 0 aliphatic carbocycles. The monoisotopic (exact) mass is 332 g/mol. The number of ether oxygens (including phenoxy) is 1. The number of aromatic nitrogens is 3. The van der Waals surface area contributed by atoms with Crippen molar-refractivity contribution in [2.24, 2.45) is 0 Å². The van der Waals surface area contributed by atoms with Crippen LogP contribution in [0.4, 0.5) is 5.95 Å². The highest BCUT2D eigenvalue weighted by Gasteiger charge is 2.22. The van der Waals surface area contributed by atoms with Crippen LogP contribution >= 0.6 is 11.8 Å². The van der Waals surface area contributed by atoms with Crippen LogP contribution in [0.1, 0.15) is 12.5 Å². The number of Topliss-reactive ketones (excluding diaryl/α,β-unsaturated/α-hetero) is 1. The maximum absolute atomic E-state index is 11.3. The highest BCUT2D eigenvalue weighted by atomic mass is 32.2. The number of hydrogen-bond donors (Lipinski definition) is 0. The maximum Gasteiger partial charge on any atom is 0.232 e. The Kier molecular flexibility index (Phi) is 4.97. The van der Waals surface area contributed by atoms with E-state index in [-0.39, 0.29) is 5.78 Å². The third-order valence-corrected chi connectivity index (χ3v) is 4.74. The van der Waals surface area contributed by atoms with Crippen LogP contribution in [0.3, 0.4) is 0 Å². The number of aryl methyl sites for hydroxylation is 1. The van der Waals surface area contributed by atoms with Crippen LogP contribution in [0.2, 0.25) is 0 Å². The summed E-state index contributed by atoms with van der Waals surface area (Å²) in [6, 6.07) is 8.14. The predicted octanol–water partition coefficient (Wildman–Crippen LogP) is 2.09. The van der Waals surface area contributed by atoms with E-state index >= 15 is 0 Å². The van der Waals surface area contributed by atoms with E-state index < -0.39 is 0 Å². The number of para-hydroxylation sites is 1. The first-order chi connectivity index (χ1) is 11.2. The van der Waals surface area contributed by atoms with Gasteiger partial charge in [0.15, 0.2) is 5.16 Å². The summed E-state index contributed by atoms with van der Waals surface area (Å²) in [6.45, 7) is 6.62. The van der Waals surface area contributed by atoms with Crippen molar-refractivity contribution in [3.05, 3.63) is 29.8 Å². The number of anilines is 1. The topological polar surface area (TPSA) is 60.3 Å². The van der Waals surface area contributed by atoms with Gasteiger partial charge in [-0.25, -0.2) is 0 Å². The fourth-order valence-electron chi connectivity index (χ4n) is 2.52. The fourth-order valence-corrected chi connectivity index (χ4v) is 3.26. The molecule has 1 aromatic heterocycles. The number of carbonyl (C=O) groups excluding carboxylic acids is 1. The molecule has 2 aromatic rings. The van der Waals surface area contributed by atoms with Crippen LogP contribution in [0, 0.1) is 6.92 Å². The van der Waals surface area contributed by atoms with Gasteiger partial charge in [0.25, 0.3) is 0 Å². The molecule has 1 aliphatic rings. The second kappa shape index (κ2) is 7.14. The van der Waals surface area contributed by atoms with Crippen molar-refractivity contribution in [3.63, 3.8) is 0 Å². The number of ketones is 1. The minimum absolute atomic E-state index is 0.127.